The van der Waals surface area contributed by atoms with E-state index in [-0.39, 0.29) is 0 Å². The van der Waals surface area contributed by atoms with Crippen molar-refractivity contribution in [3.8, 4) is 0 Å². The normalized spacial score (nSPS) is 24.8. The topological polar surface area (TPSA) is 72.6 Å². The van der Waals surface area contributed by atoms with E-state index >= 15 is 0 Å². The second-order valence-corrected chi connectivity index (χ2v) is 5.84. The van der Waals surface area contributed by atoms with Gasteiger partial charge in [0.25, 0.3) is 0 Å². The predicted molar refractivity (Wildman–Crippen MR) is 69.0 cm³/mol. The fraction of sp³-hybridized carbons (Fsp3) is 0.846. The van der Waals surface area contributed by atoms with E-state index in [9.17, 15) is 9.59 Å². The summed E-state index contributed by atoms with van der Waals surface area (Å²) >= 11 is 0. The maximum absolute atomic E-state index is 12.2. The van der Waals surface area contributed by atoms with Crippen molar-refractivity contribution in [2.75, 3.05) is 6.54 Å². The molecule has 18 heavy (non-hydrogen) atoms. The van der Waals surface area contributed by atoms with Crippen LogP contribution in [0.4, 0.5) is 4.79 Å². The lowest BCUT2D eigenvalue weighted by Gasteiger charge is -2.44. The van der Waals surface area contributed by atoms with Gasteiger partial charge in [-0.25, -0.2) is 4.79 Å². The first kappa shape index (κ1) is 14.8. The molecule has 1 aliphatic heterocycles. The van der Waals surface area contributed by atoms with Gasteiger partial charge in [0, 0.05) is 6.54 Å². The molecular weight excluding hydrogens is 232 g/mol. The second-order valence-electron chi connectivity index (χ2n) is 5.84. The Morgan fingerprint density at radius 2 is 1.94 bits per heavy atom. The van der Waals surface area contributed by atoms with E-state index in [1.54, 1.807) is 0 Å². The van der Waals surface area contributed by atoms with Crippen LogP contribution in [-0.2, 0) is 9.53 Å². The van der Waals surface area contributed by atoms with Crippen molar-refractivity contribution in [1.29, 1.82) is 0 Å². The molecule has 0 radical (unpaired) electrons. The van der Waals surface area contributed by atoms with Crippen molar-refractivity contribution in [2.24, 2.45) is 5.73 Å². The third-order valence-corrected chi connectivity index (χ3v) is 3.40. The van der Waals surface area contributed by atoms with Crippen LogP contribution in [0.5, 0.6) is 0 Å². The Hall–Kier alpha value is -1.26. The summed E-state index contributed by atoms with van der Waals surface area (Å²) in [5.41, 5.74) is 4.08. The van der Waals surface area contributed by atoms with E-state index in [0.717, 1.165) is 12.8 Å². The molecule has 0 aromatic heterocycles. The third-order valence-electron chi connectivity index (χ3n) is 3.40. The molecule has 5 nitrogen and oxygen atoms in total. The highest BCUT2D eigenvalue weighted by Crippen LogP contribution is 2.32. The molecule has 1 atom stereocenters. The van der Waals surface area contributed by atoms with Crippen LogP contribution in [0, 0.1) is 0 Å². The van der Waals surface area contributed by atoms with Crippen LogP contribution >= 0.6 is 0 Å². The molecule has 1 fully saturated rings. The summed E-state index contributed by atoms with van der Waals surface area (Å²) in [5, 5.41) is 0. The molecule has 0 aliphatic carbocycles. The molecule has 2 N–H and O–H groups in total. The first-order chi connectivity index (χ1) is 8.23. The number of hydrogen-bond donors (Lipinski definition) is 1. The Labute approximate surface area is 109 Å². The van der Waals surface area contributed by atoms with Gasteiger partial charge in [0.2, 0.25) is 5.91 Å². The molecule has 0 spiro atoms. The van der Waals surface area contributed by atoms with E-state index in [4.69, 9.17) is 10.5 Å². The smallest absolute Gasteiger partial charge is 0.411 e. The van der Waals surface area contributed by atoms with Crippen LogP contribution in [-0.4, -0.2) is 34.6 Å². The van der Waals surface area contributed by atoms with E-state index in [2.05, 4.69) is 0 Å². The van der Waals surface area contributed by atoms with Crippen molar-refractivity contribution in [3.05, 3.63) is 0 Å². The molecule has 5 heteroatoms. The summed E-state index contributed by atoms with van der Waals surface area (Å²) in [6.07, 6.45) is 2.51. The largest absolute Gasteiger partial charge is 0.444 e. The van der Waals surface area contributed by atoms with Crippen LogP contribution in [0.3, 0.4) is 0 Å². The fourth-order valence-electron chi connectivity index (χ4n) is 2.42. The van der Waals surface area contributed by atoms with E-state index < -0.39 is 23.1 Å². The minimum Gasteiger partial charge on any atom is -0.444 e. The highest BCUT2D eigenvalue weighted by molar-refractivity contribution is 5.89. The van der Waals surface area contributed by atoms with Crippen molar-refractivity contribution in [2.45, 2.75) is 64.5 Å². The molecule has 0 aromatic rings. The van der Waals surface area contributed by atoms with Crippen LogP contribution < -0.4 is 5.73 Å². The summed E-state index contributed by atoms with van der Waals surface area (Å²) in [6, 6.07) is 0. The molecule has 0 saturated carbocycles. The Bertz CT molecular complexity index is 336. The number of piperidine rings is 1. The third kappa shape index (κ3) is 2.94. The quantitative estimate of drug-likeness (QED) is 0.821. The highest BCUT2D eigenvalue weighted by Gasteiger charge is 2.46. The zero-order chi connectivity index (χ0) is 14.0. The maximum Gasteiger partial charge on any atom is 0.411 e. The maximum atomic E-state index is 12.2. The molecule has 2 amide bonds. The van der Waals surface area contributed by atoms with E-state index in [1.165, 1.54) is 4.90 Å². The lowest BCUT2D eigenvalue weighted by molar-refractivity contribution is -0.132. The Balaban J connectivity index is 2.95. The standard InChI is InChI=1S/C13H24N2O3/c1-5-13(10(14)16)8-6-7-9-15(13)11(17)18-12(2,3)4/h5-9H2,1-4H3,(H2,14,16). The molecule has 1 rings (SSSR count). The molecule has 0 aromatic carbocycles. The monoisotopic (exact) mass is 256 g/mol. The van der Waals surface area contributed by atoms with Crippen molar-refractivity contribution < 1.29 is 14.3 Å². The number of nitrogens with two attached hydrogens (primary N) is 1. The van der Waals surface area contributed by atoms with Gasteiger partial charge >= 0.3 is 6.09 Å². The van der Waals surface area contributed by atoms with Gasteiger partial charge in [-0.1, -0.05) is 6.92 Å². The number of rotatable bonds is 2. The number of primary amides is 1. The number of likely N-dealkylation sites (tertiary alicyclic amines) is 1. The number of hydrogen-bond acceptors (Lipinski definition) is 3. The Morgan fingerprint density at radius 1 is 1.33 bits per heavy atom. The SMILES string of the molecule is CCC1(C(N)=O)CCCCN1C(=O)OC(C)(C)C. The molecular formula is C13H24N2O3. The van der Waals surface area contributed by atoms with Crippen molar-refractivity contribution >= 4 is 12.0 Å². The number of carbonyl (C=O) groups excluding carboxylic acids is 2. The zero-order valence-corrected chi connectivity index (χ0v) is 11.8. The van der Waals surface area contributed by atoms with Gasteiger partial charge in [-0.15, -0.1) is 0 Å². The lowest BCUT2D eigenvalue weighted by atomic mass is 9.84. The molecule has 1 heterocycles. The van der Waals surface area contributed by atoms with Gasteiger partial charge in [-0.05, 0) is 46.5 Å². The minimum absolute atomic E-state index is 0.435. The van der Waals surface area contributed by atoms with Crippen LogP contribution in [0.25, 0.3) is 0 Å². The predicted octanol–water partition coefficient (Wildman–Crippen LogP) is 2.04. The first-order valence-electron chi connectivity index (χ1n) is 6.53. The van der Waals surface area contributed by atoms with E-state index in [1.807, 2.05) is 27.7 Å². The summed E-state index contributed by atoms with van der Waals surface area (Å²) in [4.78, 5) is 25.5. The Morgan fingerprint density at radius 3 is 2.39 bits per heavy atom. The molecule has 1 saturated heterocycles. The number of ether oxygens (including phenoxy) is 1. The van der Waals surface area contributed by atoms with Gasteiger partial charge in [-0.3, -0.25) is 9.69 Å². The molecule has 104 valence electrons. The Kier molecular flexibility index (Phi) is 4.24. The van der Waals surface area contributed by atoms with Crippen LogP contribution in [0.1, 0.15) is 53.4 Å². The lowest BCUT2D eigenvalue weighted by Crippen LogP contribution is -2.62. The van der Waals surface area contributed by atoms with Crippen molar-refractivity contribution in [1.82, 2.24) is 4.90 Å². The van der Waals surface area contributed by atoms with Crippen LogP contribution in [0.15, 0.2) is 0 Å². The van der Waals surface area contributed by atoms with Gasteiger partial charge < -0.3 is 10.5 Å². The molecule has 1 aliphatic rings. The van der Waals surface area contributed by atoms with E-state index in [0.29, 0.717) is 19.4 Å². The summed E-state index contributed by atoms with van der Waals surface area (Å²) in [5.74, 6) is -0.435. The van der Waals surface area contributed by atoms with Gasteiger partial charge in [0.05, 0.1) is 0 Å². The summed E-state index contributed by atoms with van der Waals surface area (Å²) in [6.45, 7) is 7.85. The minimum atomic E-state index is -0.874. The average Bonchev–Trinajstić information content (AvgIpc) is 2.26. The number of carbonyl (C=O) groups is 2. The molecule has 0 bridgehead atoms. The number of amides is 2. The highest BCUT2D eigenvalue weighted by atomic mass is 16.6. The van der Waals surface area contributed by atoms with Gasteiger partial charge in [0.1, 0.15) is 11.1 Å². The number of nitrogens with zero attached hydrogens (tertiary/aromatic N) is 1. The van der Waals surface area contributed by atoms with Crippen molar-refractivity contribution in [3.63, 3.8) is 0 Å². The average molecular weight is 256 g/mol. The zero-order valence-electron chi connectivity index (χ0n) is 11.8. The fourth-order valence-corrected chi connectivity index (χ4v) is 2.42. The van der Waals surface area contributed by atoms with Gasteiger partial charge in [-0.2, -0.15) is 0 Å². The second kappa shape index (κ2) is 5.16. The van der Waals surface area contributed by atoms with Crippen LogP contribution in [0.2, 0.25) is 0 Å². The van der Waals surface area contributed by atoms with Gasteiger partial charge in [0.15, 0.2) is 0 Å². The summed E-state index contributed by atoms with van der Waals surface area (Å²) < 4.78 is 5.36. The first-order valence-corrected chi connectivity index (χ1v) is 6.53. The summed E-state index contributed by atoms with van der Waals surface area (Å²) in [7, 11) is 0. The molecule has 1 unspecified atom stereocenters.